The number of fused-ring (bicyclic) bond motifs is 1. The van der Waals surface area contributed by atoms with Crippen molar-refractivity contribution in [1.82, 2.24) is 15.0 Å². The van der Waals surface area contributed by atoms with Crippen LogP contribution in [0.5, 0.6) is 0 Å². The molecule has 0 bridgehead atoms. The predicted octanol–water partition coefficient (Wildman–Crippen LogP) is 4.72. The first-order chi connectivity index (χ1) is 14.0. The Hall–Kier alpha value is -3.77. The van der Waals surface area contributed by atoms with Gasteiger partial charge in [0.25, 0.3) is 0 Å². The average Bonchev–Trinajstić information content (AvgIpc) is 2.73. The molecule has 0 atom stereocenters. The third kappa shape index (κ3) is 3.79. The fourth-order valence-electron chi connectivity index (χ4n) is 3.12. The maximum Gasteiger partial charge on any atom is 0.247 e. The summed E-state index contributed by atoms with van der Waals surface area (Å²) in [5.74, 6) is -0.126. The summed E-state index contributed by atoms with van der Waals surface area (Å²) in [6.07, 6.45) is 4.47. The number of carbonyl (C=O) groups excluding carboxylic acids is 1. The van der Waals surface area contributed by atoms with Gasteiger partial charge in [0.1, 0.15) is 0 Å². The van der Waals surface area contributed by atoms with E-state index in [1.54, 1.807) is 18.5 Å². The van der Waals surface area contributed by atoms with Gasteiger partial charge < -0.3 is 11.1 Å². The second-order valence-electron chi connectivity index (χ2n) is 6.30. The molecule has 2 heterocycles. The van der Waals surface area contributed by atoms with Gasteiger partial charge in [0.15, 0.2) is 0 Å². The second-order valence-corrected chi connectivity index (χ2v) is 6.73. The van der Waals surface area contributed by atoms with Gasteiger partial charge in [-0.15, -0.1) is 0 Å². The maximum atomic E-state index is 11.6. The third-order valence-corrected chi connectivity index (χ3v) is 4.56. The van der Waals surface area contributed by atoms with E-state index in [0.29, 0.717) is 21.9 Å². The van der Waals surface area contributed by atoms with Gasteiger partial charge in [-0.1, -0.05) is 48.5 Å². The van der Waals surface area contributed by atoms with Gasteiger partial charge >= 0.3 is 0 Å². The van der Waals surface area contributed by atoms with E-state index < -0.39 is 0 Å². The van der Waals surface area contributed by atoms with E-state index in [1.807, 2.05) is 42.5 Å². The summed E-state index contributed by atoms with van der Waals surface area (Å²) >= 11 is 6.11. The number of carbonyl (C=O) groups is 1. The van der Waals surface area contributed by atoms with Crippen LogP contribution in [0.15, 0.2) is 73.6 Å². The summed E-state index contributed by atoms with van der Waals surface area (Å²) in [6, 6.07) is 15.1. The number of hydrogen-bond donors (Lipinski definition) is 2. The number of hydrogen-bond acceptors (Lipinski definition) is 5. The van der Waals surface area contributed by atoms with Crippen molar-refractivity contribution in [3.8, 4) is 22.4 Å². The number of rotatable bonds is 4. The fourth-order valence-corrected chi connectivity index (χ4v) is 3.30. The van der Waals surface area contributed by atoms with Crippen LogP contribution in [0.1, 0.15) is 0 Å². The number of para-hydroxylation sites is 1. The van der Waals surface area contributed by atoms with Crippen LogP contribution >= 0.6 is 11.6 Å². The van der Waals surface area contributed by atoms with Crippen molar-refractivity contribution in [3.05, 3.63) is 78.6 Å². The number of amides is 1. The SMILES string of the molecule is C=CC(=O)Nc1cccc(-c2cccc3c(-c4cncc(Cl)c4)nc(N)nc23)c1. The molecule has 29 heavy (non-hydrogen) atoms. The number of pyridine rings is 1. The van der Waals surface area contributed by atoms with Crippen LogP contribution in [-0.4, -0.2) is 20.9 Å². The predicted molar refractivity (Wildman–Crippen MR) is 116 cm³/mol. The van der Waals surface area contributed by atoms with Crippen molar-refractivity contribution in [2.75, 3.05) is 11.1 Å². The molecule has 0 aliphatic rings. The molecule has 6 nitrogen and oxygen atoms in total. The van der Waals surface area contributed by atoms with Gasteiger partial charge in [-0.3, -0.25) is 9.78 Å². The molecule has 4 rings (SSSR count). The van der Waals surface area contributed by atoms with E-state index in [-0.39, 0.29) is 11.9 Å². The summed E-state index contributed by atoms with van der Waals surface area (Å²) in [6.45, 7) is 3.48. The molecular formula is C22H16ClN5O. The Morgan fingerprint density at radius 3 is 2.69 bits per heavy atom. The Labute approximate surface area is 172 Å². The zero-order valence-electron chi connectivity index (χ0n) is 15.3. The van der Waals surface area contributed by atoms with Crippen LogP contribution in [0.4, 0.5) is 11.6 Å². The highest BCUT2D eigenvalue weighted by molar-refractivity contribution is 6.30. The van der Waals surface area contributed by atoms with Crippen LogP contribution in [0.3, 0.4) is 0 Å². The largest absolute Gasteiger partial charge is 0.368 e. The number of aromatic nitrogens is 3. The number of halogens is 1. The molecule has 0 unspecified atom stereocenters. The Bertz CT molecular complexity index is 1260. The lowest BCUT2D eigenvalue weighted by molar-refractivity contribution is -0.111. The van der Waals surface area contributed by atoms with Crippen LogP contribution in [-0.2, 0) is 4.79 Å². The number of nitrogens with zero attached hydrogens (tertiary/aromatic N) is 3. The lowest BCUT2D eigenvalue weighted by Gasteiger charge is -2.12. The highest BCUT2D eigenvalue weighted by atomic mass is 35.5. The van der Waals surface area contributed by atoms with Gasteiger partial charge in [0, 0.05) is 34.6 Å². The molecule has 1 amide bonds. The molecule has 7 heteroatoms. The summed E-state index contributed by atoms with van der Waals surface area (Å²) < 4.78 is 0. The van der Waals surface area contributed by atoms with E-state index in [4.69, 9.17) is 17.3 Å². The van der Waals surface area contributed by atoms with E-state index in [9.17, 15) is 4.79 Å². The molecule has 0 spiro atoms. The highest BCUT2D eigenvalue weighted by Gasteiger charge is 2.14. The van der Waals surface area contributed by atoms with Crippen molar-refractivity contribution in [1.29, 1.82) is 0 Å². The molecule has 0 radical (unpaired) electrons. The third-order valence-electron chi connectivity index (χ3n) is 4.35. The van der Waals surface area contributed by atoms with Crippen LogP contribution < -0.4 is 11.1 Å². The maximum absolute atomic E-state index is 11.6. The minimum Gasteiger partial charge on any atom is -0.368 e. The van der Waals surface area contributed by atoms with Crippen molar-refractivity contribution < 1.29 is 4.79 Å². The lowest BCUT2D eigenvalue weighted by Crippen LogP contribution is -2.07. The first kappa shape index (κ1) is 18.6. The van der Waals surface area contributed by atoms with Gasteiger partial charge in [-0.2, -0.15) is 0 Å². The molecule has 0 aliphatic carbocycles. The zero-order valence-corrected chi connectivity index (χ0v) is 16.0. The normalized spacial score (nSPS) is 10.7. The van der Waals surface area contributed by atoms with E-state index in [2.05, 4.69) is 26.8 Å². The lowest BCUT2D eigenvalue weighted by atomic mass is 9.99. The van der Waals surface area contributed by atoms with E-state index >= 15 is 0 Å². The molecule has 2 aromatic carbocycles. The number of nitrogens with two attached hydrogens (primary N) is 1. The van der Waals surface area contributed by atoms with E-state index in [1.165, 1.54) is 6.08 Å². The van der Waals surface area contributed by atoms with Crippen LogP contribution in [0.25, 0.3) is 33.3 Å². The van der Waals surface area contributed by atoms with Crippen molar-refractivity contribution in [2.24, 2.45) is 0 Å². The fraction of sp³-hybridized carbons (Fsp3) is 0. The summed E-state index contributed by atoms with van der Waals surface area (Å²) in [5, 5.41) is 4.10. The minimum atomic E-state index is -0.276. The second kappa shape index (κ2) is 7.69. The average molecular weight is 402 g/mol. The van der Waals surface area contributed by atoms with Crippen molar-refractivity contribution >= 4 is 40.0 Å². The molecule has 0 aliphatic heterocycles. The highest BCUT2D eigenvalue weighted by Crippen LogP contribution is 2.34. The quantitative estimate of drug-likeness (QED) is 0.482. The molecule has 0 saturated heterocycles. The summed E-state index contributed by atoms with van der Waals surface area (Å²) in [5.41, 5.74) is 10.5. The van der Waals surface area contributed by atoms with Gasteiger partial charge in [0.05, 0.1) is 16.2 Å². The smallest absolute Gasteiger partial charge is 0.247 e. The number of benzene rings is 2. The first-order valence-electron chi connectivity index (χ1n) is 8.76. The molecule has 4 aromatic rings. The summed E-state index contributed by atoms with van der Waals surface area (Å²) in [7, 11) is 0. The molecule has 142 valence electrons. The van der Waals surface area contributed by atoms with Gasteiger partial charge in [-0.05, 0) is 29.8 Å². The van der Waals surface area contributed by atoms with Gasteiger partial charge in [0.2, 0.25) is 11.9 Å². The van der Waals surface area contributed by atoms with Crippen molar-refractivity contribution in [3.63, 3.8) is 0 Å². The Morgan fingerprint density at radius 2 is 1.90 bits per heavy atom. The van der Waals surface area contributed by atoms with Gasteiger partial charge in [-0.25, -0.2) is 9.97 Å². The molecule has 2 aromatic heterocycles. The molecule has 0 saturated carbocycles. The summed E-state index contributed by atoms with van der Waals surface area (Å²) in [4.78, 5) is 24.7. The molecule has 3 N–H and O–H groups in total. The zero-order chi connectivity index (χ0) is 20.4. The Morgan fingerprint density at radius 1 is 1.07 bits per heavy atom. The van der Waals surface area contributed by atoms with E-state index in [0.717, 1.165) is 22.1 Å². The Kier molecular flexibility index (Phi) is 4.93. The number of nitrogen functional groups attached to an aromatic ring is 1. The van der Waals surface area contributed by atoms with Crippen molar-refractivity contribution in [2.45, 2.75) is 0 Å². The first-order valence-corrected chi connectivity index (χ1v) is 9.14. The molecule has 0 fully saturated rings. The molecular weight excluding hydrogens is 386 g/mol. The van der Waals surface area contributed by atoms with Crippen LogP contribution in [0.2, 0.25) is 5.02 Å². The monoisotopic (exact) mass is 401 g/mol. The van der Waals surface area contributed by atoms with Crippen LogP contribution in [0, 0.1) is 0 Å². The number of nitrogens with one attached hydrogen (secondary N) is 1. The minimum absolute atomic E-state index is 0.149. The topological polar surface area (TPSA) is 93.8 Å². The Balaban J connectivity index is 1.91. The standard InChI is InChI=1S/C22H16ClN5O/c1-2-19(29)26-16-6-3-5-13(10-16)17-7-4-8-18-20(27-22(24)28-21(17)18)14-9-15(23)12-25-11-14/h2-12H,1H2,(H,26,29)(H2,24,27,28). The number of anilines is 2.